The normalized spacial score (nSPS) is 14.3. The summed E-state index contributed by atoms with van der Waals surface area (Å²) in [7, 11) is 0. The van der Waals surface area contributed by atoms with Gasteiger partial charge in [0.2, 0.25) is 0 Å². The van der Waals surface area contributed by atoms with Crippen LogP contribution in [0.2, 0.25) is 0 Å². The van der Waals surface area contributed by atoms with E-state index in [2.05, 4.69) is 10.1 Å². The molecular weight excluding hydrogens is 180 g/mol. The number of amidine groups is 1. The zero-order valence-corrected chi connectivity index (χ0v) is 8.51. The summed E-state index contributed by atoms with van der Waals surface area (Å²) in [4.78, 5) is 4.19. The van der Waals surface area contributed by atoms with Crippen LogP contribution in [0.4, 0.5) is 0 Å². The van der Waals surface area contributed by atoms with E-state index in [1.54, 1.807) is 6.20 Å². The Kier molecular flexibility index (Phi) is 3.50. The van der Waals surface area contributed by atoms with Gasteiger partial charge < -0.3 is 15.5 Å². The molecule has 0 saturated carbocycles. The van der Waals surface area contributed by atoms with Crippen LogP contribution >= 0.6 is 0 Å². The topological polar surface area (TPSA) is 76.4 Å². The summed E-state index contributed by atoms with van der Waals surface area (Å²) in [5.41, 5.74) is 5.59. The minimum atomic E-state index is -0.0996. The molecule has 0 saturated heterocycles. The molecule has 1 atom stereocenters. The highest BCUT2D eigenvalue weighted by molar-refractivity contribution is 5.83. The van der Waals surface area contributed by atoms with Crippen LogP contribution in [0.15, 0.2) is 17.5 Å². The maximum Gasteiger partial charge on any atom is 0.162 e. The third-order valence-corrected chi connectivity index (χ3v) is 2.24. The van der Waals surface area contributed by atoms with Crippen molar-refractivity contribution in [1.29, 1.82) is 0 Å². The van der Waals surface area contributed by atoms with Crippen molar-refractivity contribution in [2.24, 2.45) is 10.9 Å². The van der Waals surface area contributed by atoms with Gasteiger partial charge in [-0.05, 0) is 6.42 Å². The lowest BCUT2D eigenvalue weighted by Crippen LogP contribution is -2.27. The molecule has 78 valence electrons. The fourth-order valence-electron chi connectivity index (χ4n) is 1.52. The van der Waals surface area contributed by atoms with Crippen LogP contribution < -0.4 is 5.73 Å². The van der Waals surface area contributed by atoms with Crippen LogP contribution in [-0.4, -0.2) is 20.6 Å². The summed E-state index contributed by atoms with van der Waals surface area (Å²) >= 11 is 0. The number of aromatic nitrogens is 2. The summed E-state index contributed by atoms with van der Waals surface area (Å²) in [6.45, 7) is 4.01. The number of aryl methyl sites for hydroxylation is 1. The standard InChI is InChI=1S/C9H16N4O/c1-3-7(9(10)12-14)13-6-5-11-8(13)4-2/h5-7,14H,3-4H2,1-2H3,(H2,10,12). The fraction of sp³-hybridized carbons (Fsp3) is 0.556. The monoisotopic (exact) mass is 196 g/mol. The minimum absolute atomic E-state index is 0.0996. The van der Waals surface area contributed by atoms with Gasteiger partial charge in [-0.1, -0.05) is 19.0 Å². The first-order chi connectivity index (χ1) is 6.74. The van der Waals surface area contributed by atoms with Crippen molar-refractivity contribution in [1.82, 2.24) is 9.55 Å². The first-order valence-corrected chi connectivity index (χ1v) is 4.73. The molecule has 0 spiro atoms. The average Bonchev–Trinajstić information content (AvgIpc) is 2.66. The van der Waals surface area contributed by atoms with Gasteiger partial charge in [-0.25, -0.2) is 4.98 Å². The lowest BCUT2D eigenvalue weighted by atomic mass is 10.2. The molecule has 0 amide bonds. The molecule has 0 aliphatic heterocycles. The maximum atomic E-state index is 8.63. The summed E-state index contributed by atoms with van der Waals surface area (Å²) in [6, 6.07) is -0.0996. The average molecular weight is 196 g/mol. The smallest absolute Gasteiger partial charge is 0.162 e. The Morgan fingerprint density at radius 2 is 2.43 bits per heavy atom. The number of oxime groups is 1. The van der Waals surface area contributed by atoms with Gasteiger partial charge >= 0.3 is 0 Å². The van der Waals surface area contributed by atoms with Gasteiger partial charge in [0.15, 0.2) is 5.84 Å². The third-order valence-electron chi connectivity index (χ3n) is 2.24. The molecule has 0 fully saturated rings. The third kappa shape index (κ3) is 1.86. The van der Waals surface area contributed by atoms with Gasteiger partial charge in [0.1, 0.15) is 5.82 Å². The lowest BCUT2D eigenvalue weighted by molar-refractivity contribution is 0.313. The summed E-state index contributed by atoms with van der Waals surface area (Å²) in [6.07, 6.45) is 5.19. The van der Waals surface area contributed by atoms with E-state index >= 15 is 0 Å². The molecule has 5 nitrogen and oxygen atoms in total. The summed E-state index contributed by atoms with van der Waals surface area (Å²) in [5, 5.41) is 11.7. The molecule has 0 radical (unpaired) electrons. The van der Waals surface area contributed by atoms with E-state index in [0.717, 1.165) is 18.7 Å². The van der Waals surface area contributed by atoms with Gasteiger partial charge in [-0.15, -0.1) is 0 Å². The minimum Gasteiger partial charge on any atom is -0.409 e. The molecule has 0 aliphatic carbocycles. The molecule has 1 unspecified atom stereocenters. The number of imidazole rings is 1. The molecule has 5 heteroatoms. The van der Waals surface area contributed by atoms with Crippen molar-refractivity contribution in [3.05, 3.63) is 18.2 Å². The fourth-order valence-corrected chi connectivity index (χ4v) is 1.52. The number of hydrogen-bond acceptors (Lipinski definition) is 3. The SMILES string of the molecule is CCc1nccn1C(CC)C(N)=NO. The van der Waals surface area contributed by atoms with Crippen LogP contribution in [-0.2, 0) is 6.42 Å². The highest BCUT2D eigenvalue weighted by Gasteiger charge is 2.15. The zero-order valence-electron chi connectivity index (χ0n) is 8.51. The van der Waals surface area contributed by atoms with E-state index in [0.29, 0.717) is 0 Å². The van der Waals surface area contributed by atoms with Crippen molar-refractivity contribution in [3.63, 3.8) is 0 Å². The van der Waals surface area contributed by atoms with Crippen LogP contribution in [0.25, 0.3) is 0 Å². The van der Waals surface area contributed by atoms with Gasteiger partial charge in [0, 0.05) is 18.8 Å². The van der Waals surface area contributed by atoms with Crippen LogP contribution in [0.3, 0.4) is 0 Å². The van der Waals surface area contributed by atoms with Crippen LogP contribution in [0, 0.1) is 0 Å². The number of nitrogens with zero attached hydrogens (tertiary/aromatic N) is 3. The molecule has 1 aromatic heterocycles. The zero-order chi connectivity index (χ0) is 10.6. The second-order valence-corrected chi connectivity index (χ2v) is 3.05. The van der Waals surface area contributed by atoms with Crippen LogP contribution in [0.5, 0.6) is 0 Å². The predicted octanol–water partition coefficient (Wildman–Crippen LogP) is 1.14. The van der Waals surface area contributed by atoms with Crippen molar-refractivity contribution < 1.29 is 5.21 Å². The molecule has 0 aliphatic rings. The molecular formula is C9H16N4O. The van der Waals surface area contributed by atoms with E-state index < -0.39 is 0 Å². The highest BCUT2D eigenvalue weighted by atomic mass is 16.4. The van der Waals surface area contributed by atoms with Crippen LogP contribution in [0.1, 0.15) is 32.1 Å². The van der Waals surface area contributed by atoms with Gasteiger partial charge in [-0.3, -0.25) is 0 Å². The summed E-state index contributed by atoms with van der Waals surface area (Å²) in [5.74, 6) is 1.17. The van der Waals surface area contributed by atoms with E-state index in [9.17, 15) is 0 Å². The molecule has 0 aromatic carbocycles. The number of hydrogen-bond donors (Lipinski definition) is 2. The Morgan fingerprint density at radius 1 is 1.71 bits per heavy atom. The molecule has 1 heterocycles. The summed E-state index contributed by atoms with van der Waals surface area (Å²) < 4.78 is 1.94. The first kappa shape index (κ1) is 10.6. The van der Waals surface area contributed by atoms with Crippen molar-refractivity contribution in [2.75, 3.05) is 0 Å². The number of rotatable bonds is 4. The Bertz CT molecular complexity index is 318. The molecule has 0 bridgehead atoms. The van der Waals surface area contributed by atoms with E-state index in [1.165, 1.54) is 0 Å². The lowest BCUT2D eigenvalue weighted by Gasteiger charge is -2.17. The predicted molar refractivity (Wildman–Crippen MR) is 54.3 cm³/mol. The second-order valence-electron chi connectivity index (χ2n) is 3.05. The highest BCUT2D eigenvalue weighted by Crippen LogP contribution is 2.14. The second kappa shape index (κ2) is 4.64. The van der Waals surface area contributed by atoms with E-state index in [-0.39, 0.29) is 11.9 Å². The quantitative estimate of drug-likeness (QED) is 0.328. The Hall–Kier alpha value is -1.52. The Balaban J connectivity index is 3.00. The van der Waals surface area contributed by atoms with Crippen molar-refractivity contribution >= 4 is 5.84 Å². The maximum absolute atomic E-state index is 8.63. The molecule has 1 aromatic rings. The molecule has 1 rings (SSSR count). The van der Waals surface area contributed by atoms with Gasteiger partial charge in [0.05, 0.1) is 6.04 Å². The van der Waals surface area contributed by atoms with Crippen molar-refractivity contribution in [2.45, 2.75) is 32.7 Å². The van der Waals surface area contributed by atoms with E-state index in [1.807, 2.05) is 24.6 Å². The van der Waals surface area contributed by atoms with E-state index in [4.69, 9.17) is 10.9 Å². The Morgan fingerprint density at radius 3 is 2.93 bits per heavy atom. The number of nitrogens with two attached hydrogens (primary N) is 1. The molecule has 3 N–H and O–H groups in total. The molecule has 14 heavy (non-hydrogen) atoms. The first-order valence-electron chi connectivity index (χ1n) is 4.73. The van der Waals surface area contributed by atoms with Gasteiger partial charge in [0.25, 0.3) is 0 Å². The van der Waals surface area contributed by atoms with Crippen molar-refractivity contribution in [3.8, 4) is 0 Å². The Labute approximate surface area is 83.2 Å². The van der Waals surface area contributed by atoms with Gasteiger partial charge in [-0.2, -0.15) is 0 Å². The largest absolute Gasteiger partial charge is 0.409 e.